The summed E-state index contributed by atoms with van der Waals surface area (Å²) >= 11 is 0. The molecule has 0 radical (unpaired) electrons. The van der Waals surface area contributed by atoms with Crippen LogP contribution in [0.4, 0.5) is 0 Å². The van der Waals surface area contributed by atoms with E-state index in [0.717, 1.165) is 36.5 Å². The van der Waals surface area contributed by atoms with E-state index in [9.17, 15) is 0 Å². The molecule has 5 nitrogen and oxygen atoms in total. The van der Waals surface area contributed by atoms with Gasteiger partial charge in [0.05, 0.1) is 5.69 Å². The molecule has 0 bridgehead atoms. The van der Waals surface area contributed by atoms with Crippen LogP contribution in [0.1, 0.15) is 42.6 Å². The smallest absolute Gasteiger partial charge is 0.155 e. The second kappa shape index (κ2) is 6.50. The Bertz CT molecular complexity index is 1110. The maximum atomic E-state index is 4.47. The first kappa shape index (κ1) is 16.5. The number of piperidine rings is 1. The Morgan fingerprint density at radius 3 is 2.81 bits per heavy atom. The molecule has 5 heteroatoms. The predicted octanol–water partition coefficient (Wildman–Crippen LogP) is 4.22. The molecule has 0 saturated carbocycles. The summed E-state index contributed by atoms with van der Waals surface area (Å²) in [6, 6.07) is 11.2. The van der Waals surface area contributed by atoms with E-state index in [4.69, 9.17) is 0 Å². The number of hydrogen-bond acceptors (Lipinski definition) is 3. The molecular weight excluding hydrogens is 334 g/mol. The molecular formula is C22H25N5. The molecule has 5 rings (SSSR count). The highest BCUT2D eigenvalue weighted by Gasteiger charge is 2.18. The number of hydrogen-bond donors (Lipinski definition) is 2. The van der Waals surface area contributed by atoms with Crippen molar-refractivity contribution in [3.05, 3.63) is 53.5 Å². The molecule has 3 aromatic heterocycles. The van der Waals surface area contributed by atoms with Gasteiger partial charge < -0.3 is 10.3 Å². The standard InChI is InChI=1S/C22H25N5/c1-3-18-19-12-16(15-8-10-23-11-9-15)4-6-20(19)25-22(18)17-5-7-21-24-14(2)26-27(21)13-17/h4-7,12-13,15,23,25H,3,8-11H2,1-2H3. The van der Waals surface area contributed by atoms with Gasteiger partial charge in [0.1, 0.15) is 5.82 Å². The topological polar surface area (TPSA) is 58.0 Å². The quantitative estimate of drug-likeness (QED) is 0.576. The number of benzene rings is 1. The van der Waals surface area contributed by atoms with Gasteiger partial charge in [-0.1, -0.05) is 13.0 Å². The van der Waals surface area contributed by atoms with Crippen molar-refractivity contribution in [3.63, 3.8) is 0 Å². The summed E-state index contributed by atoms with van der Waals surface area (Å²) in [6.07, 6.45) is 5.53. The maximum absolute atomic E-state index is 4.47. The maximum Gasteiger partial charge on any atom is 0.155 e. The number of aromatic amines is 1. The van der Waals surface area contributed by atoms with Gasteiger partial charge in [-0.3, -0.25) is 0 Å². The minimum absolute atomic E-state index is 0.674. The Morgan fingerprint density at radius 2 is 2.00 bits per heavy atom. The highest BCUT2D eigenvalue weighted by atomic mass is 15.3. The molecule has 4 aromatic rings. The number of aromatic nitrogens is 4. The van der Waals surface area contributed by atoms with Gasteiger partial charge in [0, 0.05) is 22.7 Å². The lowest BCUT2D eigenvalue weighted by Crippen LogP contribution is -2.26. The molecule has 1 saturated heterocycles. The molecule has 0 unspecified atom stereocenters. The number of pyridine rings is 1. The summed E-state index contributed by atoms with van der Waals surface area (Å²) in [6.45, 7) is 6.41. The van der Waals surface area contributed by atoms with Crippen LogP contribution in [0.5, 0.6) is 0 Å². The van der Waals surface area contributed by atoms with Crippen LogP contribution in [0.25, 0.3) is 27.8 Å². The van der Waals surface area contributed by atoms with E-state index in [1.54, 1.807) is 0 Å². The number of nitrogens with zero attached hydrogens (tertiary/aromatic N) is 3. The molecule has 1 aliphatic heterocycles. The van der Waals surface area contributed by atoms with E-state index < -0.39 is 0 Å². The van der Waals surface area contributed by atoms with Crippen molar-refractivity contribution in [1.82, 2.24) is 24.9 Å². The van der Waals surface area contributed by atoms with Crippen molar-refractivity contribution in [2.75, 3.05) is 13.1 Å². The Kier molecular flexibility index (Phi) is 3.97. The number of rotatable bonds is 3. The first-order valence-corrected chi connectivity index (χ1v) is 9.91. The van der Waals surface area contributed by atoms with Gasteiger partial charge in [-0.25, -0.2) is 9.50 Å². The van der Waals surface area contributed by atoms with Gasteiger partial charge in [0.15, 0.2) is 5.65 Å². The summed E-state index contributed by atoms with van der Waals surface area (Å²) < 4.78 is 1.87. The molecule has 27 heavy (non-hydrogen) atoms. The molecule has 0 atom stereocenters. The monoisotopic (exact) mass is 359 g/mol. The third-order valence-electron chi connectivity index (χ3n) is 5.82. The van der Waals surface area contributed by atoms with Gasteiger partial charge >= 0.3 is 0 Å². The third-order valence-corrected chi connectivity index (χ3v) is 5.82. The zero-order valence-corrected chi connectivity index (χ0v) is 15.9. The van der Waals surface area contributed by atoms with Crippen LogP contribution in [-0.2, 0) is 6.42 Å². The van der Waals surface area contributed by atoms with Crippen LogP contribution in [-0.4, -0.2) is 32.7 Å². The second-order valence-corrected chi connectivity index (χ2v) is 7.54. The van der Waals surface area contributed by atoms with Crippen LogP contribution < -0.4 is 5.32 Å². The first-order valence-electron chi connectivity index (χ1n) is 9.91. The van der Waals surface area contributed by atoms with Crippen LogP contribution in [0.3, 0.4) is 0 Å². The fourth-order valence-corrected chi connectivity index (χ4v) is 4.43. The first-order chi connectivity index (χ1) is 13.2. The molecule has 4 heterocycles. The zero-order chi connectivity index (χ0) is 18.4. The van der Waals surface area contributed by atoms with Crippen LogP contribution in [0.2, 0.25) is 0 Å². The summed E-state index contributed by atoms with van der Waals surface area (Å²) in [5, 5.41) is 9.30. The highest BCUT2D eigenvalue weighted by molar-refractivity contribution is 5.91. The predicted molar refractivity (Wildman–Crippen MR) is 109 cm³/mol. The van der Waals surface area contributed by atoms with Gasteiger partial charge in [-0.2, -0.15) is 5.10 Å². The summed E-state index contributed by atoms with van der Waals surface area (Å²) in [4.78, 5) is 8.09. The van der Waals surface area contributed by atoms with E-state index in [2.05, 4.69) is 57.8 Å². The van der Waals surface area contributed by atoms with Gasteiger partial charge in [-0.05, 0) is 80.6 Å². The molecule has 0 aliphatic carbocycles. The van der Waals surface area contributed by atoms with E-state index in [-0.39, 0.29) is 0 Å². The highest BCUT2D eigenvalue weighted by Crippen LogP contribution is 2.34. The minimum atomic E-state index is 0.674. The summed E-state index contributed by atoms with van der Waals surface area (Å²) in [5.41, 5.74) is 7.32. The van der Waals surface area contributed by atoms with E-state index >= 15 is 0 Å². The average molecular weight is 359 g/mol. The molecule has 138 valence electrons. The summed E-state index contributed by atoms with van der Waals surface area (Å²) in [7, 11) is 0. The lowest BCUT2D eigenvalue weighted by atomic mass is 9.89. The van der Waals surface area contributed by atoms with Crippen molar-refractivity contribution < 1.29 is 0 Å². The largest absolute Gasteiger partial charge is 0.354 e. The van der Waals surface area contributed by atoms with E-state index in [0.29, 0.717) is 5.92 Å². The third kappa shape index (κ3) is 2.82. The molecule has 0 amide bonds. The molecule has 1 aromatic carbocycles. The van der Waals surface area contributed by atoms with Gasteiger partial charge in [-0.15, -0.1) is 0 Å². The summed E-state index contributed by atoms with van der Waals surface area (Å²) in [5.74, 6) is 1.47. The van der Waals surface area contributed by atoms with Crippen LogP contribution in [0.15, 0.2) is 36.5 Å². The SMILES string of the molecule is CCc1c(-c2ccc3nc(C)nn3c2)[nH]c2ccc(C3CCNCC3)cc12. The van der Waals surface area contributed by atoms with Crippen LogP contribution in [0, 0.1) is 6.92 Å². The molecule has 1 fully saturated rings. The average Bonchev–Trinajstić information content (AvgIpc) is 3.26. The van der Waals surface area contributed by atoms with Crippen molar-refractivity contribution in [2.45, 2.75) is 39.0 Å². The number of nitrogens with one attached hydrogen (secondary N) is 2. The van der Waals surface area contributed by atoms with E-state index in [1.165, 1.54) is 40.6 Å². The van der Waals surface area contributed by atoms with E-state index in [1.807, 2.05) is 17.5 Å². The van der Waals surface area contributed by atoms with Gasteiger partial charge in [0.25, 0.3) is 0 Å². The fraction of sp³-hybridized carbons (Fsp3) is 0.364. The van der Waals surface area contributed by atoms with Crippen molar-refractivity contribution in [2.24, 2.45) is 0 Å². The second-order valence-electron chi connectivity index (χ2n) is 7.54. The van der Waals surface area contributed by atoms with Crippen molar-refractivity contribution in [3.8, 4) is 11.3 Å². The number of H-pyrrole nitrogens is 1. The zero-order valence-electron chi connectivity index (χ0n) is 15.9. The van der Waals surface area contributed by atoms with Crippen LogP contribution >= 0.6 is 0 Å². The molecule has 2 N–H and O–H groups in total. The Hall–Kier alpha value is -2.66. The van der Waals surface area contributed by atoms with Gasteiger partial charge in [0.2, 0.25) is 0 Å². The Labute approximate surface area is 158 Å². The van der Waals surface area contributed by atoms with Crippen molar-refractivity contribution >= 4 is 16.6 Å². The molecule has 1 aliphatic rings. The number of fused-ring (bicyclic) bond motifs is 2. The number of aryl methyl sites for hydroxylation is 2. The minimum Gasteiger partial charge on any atom is -0.354 e. The normalized spacial score (nSPS) is 15.8. The lowest BCUT2D eigenvalue weighted by Gasteiger charge is -2.23. The Morgan fingerprint density at radius 1 is 1.15 bits per heavy atom. The lowest BCUT2D eigenvalue weighted by molar-refractivity contribution is 0.460. The Balaban J connectivity index is 1.62. The molecule has 0 spiro atoms. The fourth-order valence-electron chi connectivity index (χ4n) is 4.43. The van der Waals surface area contributed by atoms with Crippen molar-refractivity contribution in [1.29, 1.82) is 0 Å².